The fourth-order valence-corrected chi connectivity index (χ4v) is 1.27. The predicted octanol–water partition coefficient (Wildman–Crippen LogP) is 2.35. The molecule has 0 aliphatic carbocycles. The molecule has 0 aromatic carbocycles. The zero-order chi connectivity index (χ0) is 9.35. The Morgan fingerprint density at radius 3 is 2.33 bits per heavy atom. The summed E-state index contributed by atoms with van der Waals surface area (Å²) in [7, 11) is 2.05. The first-order chi connectivity index (χ1) is 5.46. The molecular weight excluding hydrogens is 148 g/mol. The van der Waals surface area contributed by atoms with Crippen molar-refractivity contribution in [1.82, 2.24) is 9.55 Å². The molecule has 0 saturated heterocycles. The van der Waals surface area contributed by atoms with Crippen molar-refractivity contribution < 1.29 is 0 Å². The lowest BCUT2D eigenvalue weighted by Gasteiger charge is -2.29. The van der Waals surface area contributed by atoms with E-state index in [9.17, 15) is 0 Å². The third kappa shape index (κ3) is 1.38. The molecule has 12 heavy (non-hydrogen) atoms. The molecule has 2 nitrogen and oxygen atoms in total. The van der Waals surface area contributed by atoms with Crippen LogP contribution >= 0.6 is 0 Å². The van der Waals surface area contributed by atoms with E-state index < -0.39 is 0 Å². The van der Waals surface area contributed by atoms with E-state index in [1.54, 1.807) is 0 Å². The third-order valence-corrected chi connectivity index (χ3v) is 2.92. The van der Waals surface area contributed by atoms with Gasteiger partial charge in [-0.15, -0.1) is 0 Å². The minimum absolute atomic E-state index is 0.214. The monoisotopic (exact) mass is 166 g/mol. The lowest BCUT2D eigenvalue weighted by atomic mass is 9.78. The third-order valence-electron chi connectivity index (χ3n) is 2.92. The number of aryl methyl sites for hydroxylation is 1. The van der Waals surface area contributed by atoms with E-state index in [1.165, 1.54) is 5.69 Å². The van der Waals surface area contributed by atoms with Gasteiger partial charge < -0.3 is 4.57 Å². The predicted molar refractivity (Wildman–Crippen MR) is 51.1 cm³/mol. The zero-order valence-electron chi connectivity index (χ0n) is 8.63. The highest BCUT2D eigenvalue weighted by Crippen LogP contribution is 2.30. The van der Waals surface area contributed by atoms with E-state index >= 15 is 0 Å². The van der Waals surface area contributed by atoms with Crippen molar-refractivity contribution >= 4 is 0 Å². The topological polar surface area (TPSA) is 17.8 Å². The van der Waals surface area contributed by atoms with Gasteiger partial charge in [-0.05, 0) is 5.92 Å². The Kier molecular flexibility index (Phi) is 2.27. The van der Waals surface area contributed by atoms with Gasteiger partial charge >= 0.3 is 0 Å². The van der Waals surface area contributed by atoms with Gasteiger partial charge in [-0.1, -0.05) is 27.7 Å². The van der Waals surface area contributed by atoms with Gasteiger partial charge in [0.05, 0.1) is 6.33 Å². The zero-order valence-corrected chi connectivity index (χ0v) is 8.63. The average Bonchev–Trinajstić information content (AvgIpc) is 2.35. The maximum absolute atomic E-state index is 4.13. The molecule has 0 N–H and O–H groups in total. The van der Waals surface area contributed by atoms with Crippen molar-refractivity contribution in [1.29, 1.82) is 0 Å². The largest absolute Gasteiger partial charge is 0.337 e. The summed E-state index contributed by atoms with van der Waals surface area (Å²) >= 11 is 0. The summed E-state index contributed by atoms with van der Waals surface area (Å²) in [6, 6.07) is 0. The second-order valence-electron chi connectivity index (χ2n) is 4.27. The lowest BCUT2D eigenvalue weighted by Crippen LogP contribution is -2.26. The summed E-state index contributed by atoms with van der Waals surface area (Å²) in [6.45, 7) is 9.00. The van der Waals surface area contributed by atoms with Gasteiger partial charge in [-0.3, -0.25) is 0 Å². The Morgan fingerprint density at radius 2 is 2.00 bits per heavy atom. The van der Waals surface area contributed by atoms with Crippen LogP contribution in [0, 0.1) is 5.92 Å². The normalized spacial score (nSPS) is 12.5. The van der Waals surface area contributed by atoms with Crippen molar-refractivity contribution in [3.63, 3.8) is 0 Å². The van der Waals surface area contributed by atoms with Gasteiger partial charge in [-0.2, -0.15) is 0 Å². The van der Waals surface area contributed by atoms with Crippen molar-refractivity contribution in [2.24, 2.45) is 13.0 Å². The first-order valence-electron chi connectivity index (χ1n) is 4.43. The number of aromatic nitrogens is 2. The molecule has 1 aromatic rings. The molecule has 0 spiro atoms. The smallest absolute Gasteiger partial charge is 0.0945 e. The van der Waals surface area contributed by atoms with E-state index in [4.69, 9.17) is 0 Å². The number of hydrogen-bond acceptors (Lipinski definition) is 1. The van der Waals surface area contributed by atoms with Gasteiger partial charge in [0.25, 0.3) is 0 Å². The molecule has 0 unspecified atom stereocenters. The highest BCUT2D eigenvalue weighted by atomic mass is 15.0. The van der Waals surface area contributed by atoms with Gasteiger partial charge in [0.1, 0.15) is 0 Å². The number of rotatable bonds is 2. The molecule has 1 rings (SSSR count). The Labute approximate surface area is 74.6 Å². The Bertz CT molecular complexity index is 259. The molecule has 0 aliphatic rings. The molecule has 1 aromatic heterocycles. The first kappa shape index (κ1) is 9.30. The molecule has 0 bridgehead atoms. The van der Waals surface area contributed by atoms with Crippen LogP contribution in [-0.2, 0) is 12.5 Å². The minimum atomic E-state index is 0.214. The summed E-state index contributed by atoms with van der Waals surface area (Å²) in [5, 5.41) is 0. The molecule has 0 atom stereocenters. The lowest BCUT2D eigenvalue weighted by molar-refractivity contribution is 0.353. The summed E-state index contributed by atoms with van der Waals surface area (Å²) in [5.41, 5.74) is 1.52. The summed E-state index contributed by atoms with van der Waals surface area (Å²) < 4.78 is 2.10. The fraction of sp³-hybridized carbons (Fsp3) is 0.700. The Balaban J connectivity index is 3.05. The molecule has 2 heteroatoms. The second kappa shape index (κ2) is 2.92. The van der Waals surface area contributed by atoms with E-state index in [2.05, 4.69) is 37.2 Å². The standard InChI is InChI=1S/C10H18N2/c1-8(2)10(3,4)9-6-11-7-12(9)5/h6-8H,1-5H3. The highest BCUT2D eigenvalue weighted by Gasteiger charge is 2.27. The van der Waals surface area contributed by atoms with Crippen molar-refractivity contribution in [3.8, 4) is 0 Å². The first-order valence-corrected chi connectivity index (χ1v) is 4.43. The summed E-state index contributed by atoms with van der Waals surface area (Å²) in [4.78, 5) is 4.13. The van der Waals surface area contributed by atoms with Crippen LogP contribution in [-0.4, -0.2) is 9.55 Å². The Morgan fingerprint density at radius 1 is 1.42 bits per heavy atom. The summed E-state index contributed by atoms with van der Waals surface area (Å²) in [6.07, 6.45) is 3.82. The van der Waals surface area contributed by atoms with E-state index in [0.29, 0.717) is 5.92 Å². The van der Waals surface area contributed by atoms with Crippen LogP contribution in [0.4, 0.5) is 0 Å². The molecule has 0 saturated carbocycles. The quantitative estimate of drug-likeness (QED) is 0.659. The molecule has 68 valence electrons. The second-order valence-corrected chi connectivity index (χ2v) is 4.27. The molecular formula is C10H18N2. The van der Waals surface area contributed by atoms with Crippen LogP contribution < -0.4 is 0 Å². The molecule has 1 heterocycles. The average molecular weight is 166 g/mol. The van der Waals surface area contributed by atoms with Crippen molar-refractivity contribution in [2.75, 3.05) is 0 Å². The van der Waals surface area contributed by atoms with Crippen molar-refractivity contribution in [2.45, 2.75) is 33.1 Å². The molecule has 0 amide bonds. The Hall–Kier alpha value is -0.790. The van der Waals surface area contributed by atoms with Crippen LogP contribution in [0.1, 0.15) is 33.4 Å². The van der Waals surface area contributed by atoms with Gasteiger partial charge in [0.2, 0.25) is 0 Å². The maximum atomic E-state index is 4.13. The van der Waals surface area contributed by atoms with Crippen LogP contribution in [0.15, 0.2) is 12.5 Å². The number of nitrogens with zero attached hydrogens (tertiary/aromatic N) is 2. The SMILES string of the molecule is CC(C)C(C)(C)c1cncn1C. The van der Waals surface area contributed by atoms with E-state index in [0.717, 1.165) is 0 Å². The van der Waals surface area contributed by atoms with Crippen LogP contribution in [0.25, 0.3) is 0 Å². The molecule has 0 aliphatic heterocycles. The van der Waals surface area contributed by atoms with Gasteiger partial charge in [-0.25, -0.2) is 4.98 Å². The molecule has 0 radical (unpaired) electrons. The van der Waals surface area contributed by atoms with E-state index in [1.807, 2.05) is 19.6 Å². The van der Waals surface area contributed by atoms with Crippen LogP contribution in [0.3, 0.4) is 0 Å². The van der Waals surface area contributed by atoms with Crippen LogP contribution in [0.2, 0.25) is 0 Å². The molecule has 0 fully saturated rings. The van der Waals surface area contributed by atoms with Crippen molar-refractivity contribution in [3.05, 3.63) is 18.2 Å². The van der Waals surface area contributed by atoms with E-state index in [-0.39, 0.29) is 5.41 Å². The van der Waals surface area contributed by atoms with Gasteiger partial charge in [0.15, 0.2) is 0 Å². The number of imidazole rings is 1. The minimum Gasteiger partial charge on any atom is -0.337 e. The fourth-order valence-electron chi connectivity index (χ4n) is 1.27. The summed E-state index contributed by atoms with van der Waals surface area (Å²) in [5.74, 6) is 0.632. The highest BCUT2D eigenvalue weighted by molar-refractivity contribution is 5.12. The van der Waals surface area contributed by atoms with Gasteiger partial charge in [0, 0.05) is 24.4 Å². The maximum Gasteiger partial charge on any atom is 0.0945 e. The van der Waals surface area contributed by atoms with Crippen LogP contribution in [0.5, 0.6) is 0 Å². The number of hydrogen-bond donors (Lipinski definition) is 0.